The number of nitrogens with zero attached hydrogens (tertiary/aromatic N) is 2. The van der Waals surface area contributed by atoms with Gasteiger partial charge in [0.2, 0.25) is 17.5 Å². The molecule has 2 atom stereocenters. The molecule has 0 amide bonds. The van der Waals surface area contributed by atoms with Crippen molar-refractivity contribution in [2.24, 2.45) is 5.92 Å². The second-order valence-electron chi connectivity index (χ2n) is 5.50. The number of hydrogen-bond acceptors (Lipinski definition) is 6. The van der Waals surface area contributed by atoms with Gasteiger partial charge in [-0.15, -0.1) is 0 Å². The fourth-order valence-corrected chi connectivity index (χ4v) is 2.96. The lowest BCUT2D eigenvalue weighted by molar-refractivity contribution is -0.0308. The van der Waals surface area contributed by atoms with E-state index in [-0.39, 0.29) is 17.4 Å². The molecule has 0 aromatic carbocycles. The third-order valence-electron chi connectivity index (χ3n) is 4.10. The van der Waals surface area contributed by atoms with Gasteiger partial charge in [0.1, 0.15) is 5.60 Å². The Kier molecular flexibility index (Phi) is 4.77. The zero-order valence-corrected chi connectivity index (χ0v) is 13.0. The van der Waals surface area contributed by atoms with Crippen molar-refractivity contribution < 1.29 is 19.0 Å². The number of Topliss-reactive ketones (excluding diaryl/α,β-unsaturated/α-hetero) is 1. The molecule has 0 saturated heterocycles. The fraction of sp³-hybridized carbons (Fsp3) is 0.667. The van der Waals surface area contributed by atoms with Crippen molar-refractivity contribution in [1.82, 2.24) is 9.97 Å². The maximum absolute atomic E-state index is 12.9. The molecule has 1 aliphatic rings. The Morgan fingerprint density at radius 3 is 2.67 bits per heavy atom. The monoisotopic (exact) mass is 294 g/mol. The van der Waals surface area contributed by atoms with Crippen molar-refractivity contribution in [2.45, 2.75) is 38.2 Å². The van der Waals surface area contributed by atoms with Crippen molar-refractivity contribution in [2.75, 3.05) is 21.3 Å². The highest BCUT2D eigenvalue weighted by atomic mass is 16.5. The van der Waals surface area contributed by atoms with E-state index in [0.717, 1.165) is 12.8 Å². The summed E-state index contributed by atoms with van der Waals surface area (Å²) < 4.78 is 15.8. The van der Waals surface area contributed by atoms with Gasteiger partial charge in [0.05, 0.1) is 20.4 Å². The van der Waals surface area contributed by atoms with Gasteiger partial charge in [0.15, 0.2) is 5.69 Å². The summed E-state index contributed by atoms with van der Waals surface area (Å²) in [4.78, 5) is 21.2. The molecule has 116 valence electrons. The topological polar surface area (TPSA) is 70.5 Å². The Labute approximate surface area is 124 Å². The van der Waals surface area contributed by atoms with Crippen LogP contribution in [0, 0.1) is 5.92 Å². The zero-order valence-electron chi connectivity index (χ0n) is 13.0. The smallest absolute Gasteiger partial charge is 0.246 e. The minimum Gasteiger partial charge on any atom is -0.480 e. The number of methoxy groups -OCH3 is 3. The zero-order chi connectivity index (χ0) is 15.5. The molecule has 21 heavy (non-hydrogen) atoms. The van der Waals surface area contributed by atoms with Gasteiger partial charge in [-0.2, -0.15) is 4.98 Å². The summed E-state index contributed by atoms with van der Waals surface area (Å²) in [5.41, 5.74) is -0.622. The van der Waals surface area contributed by atoms with Crippen molar-refractivity contribution in [3.05, 3.63) is 11.9 Å². The third-order valence-corrected chi connectivity index (χ3v) is 4.10. The van der Waals surface area contributed by atoms with E-state index in [9.17, 15) is 4.79 Å². The molecule has 1 aromatic rings. The van der Waals surface area contributed by atoms with E-state index in [2.05, 4.69) is 16.9 Å². The molecule has 1 saturated carbocycles. The second kappa shape index (κ2) is 6.39. The van der Waals surface area contributed by atoms with E-state index in [4.69, 9.17) is 14.2 Å². The van der Waals surface area contributed by atoms with Crippen LogP contribution in [0.1, 0.15) is 43.1 Å². The summed E-state index contributed by atoms with van der Waals surface area (Å²) in [7, 11) is 4.53. The summed E-state index contributed by atoms with van der Waals surface area (Å²) in [5, 5.41) is 0. The van der Waals surface area contributed by atoms with Gasteiger partial charge in [-0.25, -0.2) is 4.98 Å². The van der Waals surface area contributed by atoms with Crippen LogP contribution in [0.5, 0.6) is 11.8 Å². The van der Waals surface area contributed by atoms with Gasteiger partial charge >= 0.3 is 0 Å². The van der Waals surface area contributed by atoms with Crippen molar-refractivity contribution in [3.8, 4) is 11.8 Å². The van der Waals surface area contributed by atoms with Gasteiger partial charge in [-0.1, -0.05) is 13.3 Å². The maximum Gasteiger partial charge on any atom is 0.246 e. The summed E-state index contributed by atoms with van der Waals surface area (Å²) in [6.07, 6.45) is 4.89. The summed E-state index contributed by atoms with van der Waals surface area (Å²) in [5.74, 6) is 0.768. The van der Waals surface area contributed by atoms with Crippen LogP contribution in [0.4, 0.5) is 0 Å². The van der Waals surface area contributed by atoms with E-state index in [1.165, 1.54) is 20.4 Å². The fourth-order valence-electron chi connectivity index (χ4n) is 2.96. The molecule has 0 bridgehead atoms. The Morgan fingerprint density at radius 2 is 2.10 bits per heavy atom. The molecule has 1 aliphatic carbocycles. The van der Waals surface area contributed by atoms with Gasteiger partial charge in [-0.3, -0.25) is 4.79 Å². The first-order valence-corrected chi connectivity index (χ1v) is 7.11. The lowest BCUT2D eigenvalue weighted by atomic mass is 9.75. The minimum absolute atomic E-state index is 0.163. The quantitative estimate of drug-likeness (QED) is 0.776. The van der Waals surface area contributed by atoms with Crippen LogP contribution in [0.25, 0.3) is 0 Å². The highest BCUT2D eigenvalue weighted by molar-refractivity contribution is 6.02. The molecule has 6 heteroatoms. The van der Waals surface area contributed by atoms with E-state index in [1.807, 2.05) is 0 Å². The number of carbonyl (C=O) groups excluding carboxylic acids is 1. The Morgan fingerprint density at radius 1 is 1.33 bits per heavy atom. The van der Waals surface area contributed by atoms with E-state index < -0.39 is 5.60 Å². The van der Waals surface area contributed by atoms with Crippen LogP contribution in [-0.2, 0) is 4.74 Å². The minimum atomic E-state index is -0.825. The van der Waals surface area contributed by atoms with Gasteiger partial charge in [-0.05, 0) is 25.2 Å². The van der Waals surface area contributed by atoms with Crippen LogP contribution < -0.4 is 9.47 Å². The number of aromatic nitrogens is 2. The Hall–Kier alpha value is -1.69. The third kappa shape index (κ3) is 3.00. The van der Waals surface area contributed by atoms with Crippen LogP contribution in [0.3, 0.4) is 0 Å². The average Bonchev–Trinajstić information content (AvgIpc) is 2.53. The highest BCUT2D eigenvalue weighted by Crippen LogP contribution is 2.38. The number of hydrogen-bond donors (Lipinski definition) is 0. The SMILES string of the molecule is COc1cnc(C(=O)C2(OC)CCCC(C)C2)c(OC)n1. The molecule has 1 fully saturated rings. The highest BCUT2D eigenvalue weighted by Gasteiger charge is 2.44. The van der Waals surface area contributed by atoms with E-state index >= 15 is 0 Å². The number of ether oxygens (including phenoxy) is 3. The van der Waals surface area contributed by atoms with Crippen LogP contribution in [-0.4, -0.2) is 42.7 Å². The number of carbonyl (C=O) groups is 1. The first-order chi connectivity index (χ1) is 10.1. The van der Waals surface area contributed by atoms with E-state index in [0.29, 0.717) is 24.6 Å². The summed E-state index contributed by atoms with van der Waals surface area (Å²) in [6.45, 7) is 2.14. The molecule has 0 aliphatic heterocycles. The molecule has 2 rings (SSSR count). The van der Waals surface area contributed by atoms with Crippen LogP contribution in [0.2, 0.25) is 0 Å². The molecule has 6 nitrogen and oxygen atoms in total. The normalized spacial score (nSPS) is 25.4. The van der Waals surface area contributed by atoms with E-state index in [1.54, 1.807) is 7.11 Å². The number of rotatable bonds is 5. The predicted molar refractivity (Wildman–Crippen MR) is 76.8 cm³/mol. The predicted octanol–water partition coefficient (Wildman–Crippen LogP) is 2.27. The number of ketones is 1. The van der Waals surface area contributed by atoms with Crippen molar-refractivity contribution in [1.29, 1.82) is 0 Å². The Balaban J connectivity index is 2.37. The molecular weight excluding hydrogens is 272 g/mol. The lowest BCUT2D eigenvalue weighted by Crippen LogP contribution is -2.45. The molecule has 0 spiro atoms. The first-order valence-electron chi connectivity index (χ1n) is 7.11. The average molecular weight is 294 g/mol. The Bertz CT molecular complexity index is 520. The molecule has 1 heterocycles. The molecule has 1 aromatic heterocycles. The van der Waals surface area contributed by atoms with Gasteiger partial charge < -0.3 is 14.2 Å². The summed E-state index contributed by atoms with van der Waals surface area (Å²) in [6, 6.07) is 0. The van der Waals surface area contributed by atoms with Crippen molar-refractivity contribution >= 4 is 5.78 Å². The summed E-state index contributed by atoms with van der Waals surface area (Å²) >= 11 is 0. The second-order valence-corrected chi connectivity index (χ2v) is 5.50. The maximum atomic E-state index is 12.9. The van der Waals surface area contributed by atoms with Gasteiger partial charge in [0.25, 0.3) is 0 Å². The largest absolute Gasteiger partial charge is 0.480 e. The molecule has 0 N–H and O–H groups in total. The molecular formula is C15H22N2O4. The standard InChI is InChI=1S/C15H22N2O4/c1-10-6-5-7-15(8-10,21-4)13(18)12-14(20-3)17-11(19-2)9-16-12/h9-10H,5-8H2,1-4H3. The first kappa shape index (κ1) is 15.7. The van der Waals surface area contributed by atoms with Crippen molar-refractivity contribution in [3.63, 3.8) is 0 Å². The molecule has 0 radical (unpaired) electrons. The van der Waals surface area contributed by atoms with Crippen LogP contribution in [0.15, 0.2) is 6.20 Å². The molecule has 2 unspecified atom stereocenters. The van der Waals surface area contributed by atoms with Crippen LogP contribution >= 0.6 is 0 Å². The lowest BCUT2D eigenvalue weighted by Gasteiger charge is -2.37. The van der Waals surface area contributed by atoms with Gasteiger partial charge in [0, 0.05) is 7.11 Å².